The van der Waals surface area contributed by atoms with Gasteiger partial charge >= 0.3 is 0 Å². The van der Waals surface area contributed by atoms with Gasteiger partial charge in [-0.05, 0) is 42.5 Å². The summed E-state index contributed by atoms with van der Waals surface area (Å²) < 4.78 is 5.14. The first-order valence-corrected chi connectivity index (χ1v) is 9.23. The second kappa shape index (κ2) is 8.36. The first kappa shape index (κ1) is 18.5. The minimum atomic E-state index is -0.309. The van der Waals surface area contributed by atoms with Crippen molar-refractivity contribution in [3.05, 3.63) is 69.5 Å². The first-order chi connectivity index (χ1) is 12.6. The number of halogens is 2. The molecule has 1 N–H and O–H groups in total. The first-order valence-electron chi connectivity index (χ1n) is 7.60. The van der Waals surface area contributed by atoms with Crippen LogP contribution < -0.4 is 10.1 Å². The topological polar surface area (TPSA) is 51.2 Å². The Kier molecular flexibility index (Phi) is 5.93. The zero-order valence-corrected chi connectivity index (χ0v) is 16.0. The molecule has 7 heteroatoms. The number of benzene rings is 2. The van der Waals surface area contributed by atoms with Crippen molar-refractivity contribution in [2.75, 3.05) is 12.4 Å². The highest BCUT2D eigenvalue weighted by Gasteiger charge is 2.07. The number of aromatic nitrogens is 1. The fourth-order valence-corrected chi connectivity index (χ4v) is 3.45. The lowest BCUT2D eigenvalue weighted by molar-refractivity contribution is -0.111. The molecular weight excluding hydrogens is 391 g/mol. The highest BCUT2D eigenvalue weighted by atomic mass is 35.5. The van der Waals surface area contributed by atoms with Crippen LogP contribution in [0.5, 0.6) is 5.75 Å². The number of hydrogen-bond acceptors (Lipinski definition) is 4. The van der Waals surface area contributed by atoms with Crippen molar-refractivity contribution in [1.82, 2.24) is 4.98 Å². The van der Waals surface area contributed by atoms with E-state index >= 15 is 0 Å². The number of nitrogens with zero attached hydrogens (tertiary/aromatic N) is 1. The van der Waals surface area contributed by atoms with Crippen LogP contribution in [0.3, 0.4) is 0 Å². The summed E-state index contributed by atoms with van der Waals surface area (Å²) in [5.74, 6) is 0.470. The number of carbonyl (C=O) groups excluding carboxylic acids is 1. The van der Waals surface area contributed by atoms with E-state index in [0.29, 0.717) is 20.7 Å². The standard InChI is InChI=1S/C19H14Cl2N2O2S/c1-25-13-7-5-12(6-8-13)17-11-26-19(22-17)23-18(24)10-9-14-15(20)3-2-4-16(14)21/h2-11H,1H3,(H,22,23,24). The average molecular weight is 405 g/mol. The highest BCUT2D eigenvalue weighted by Crippen LogP contribution is 2.27. The number of rotatable bonds is 5. The second-order valence-electron chi connectivity index (χ2n) is 5.22. The Labute approximate surface area is 165 Å². The van der Waals surface area contributed by atoms with Crippen LogP contribution in [0.25, 0.3) is 17.3 Å². The van der Waals surface area contributed by atoms with Gasteiger partial charge in [0.1, 0.15) is 5.75 Å². The summed E-state index contributed by atoms with van der Waals surface area (Å²) in [4.78, 5) is 16.5. The number of anilines is 1. The highest BCUT2D eigenvalue weighted by molar-refractivity contribution is 7.14. The largest absolute Gasteiger partial charge is 0.497 e. The molecule has 3 aromatic rings. The summed E-state index contributed by atoms with van der Waals surface area (Å²) in [6.45, 7) is 0. The van der Waals surface area contributed by atoms with Gasteiger partial charge in [0, 0.05) is 32.6 Å². The predicted molar refractivity (Wildman–Crippen MR) is 108 cm³/mol. The maximum Gasteiger partial charge on any atom is 0.250 e. The molecule has 0 aliphatic rings. The SMILES string of the molecule is COc1ccc(-c2csc(NC(=O)C=Cc3c(Cl)cccc3Cl)n2)cc1. The molecular formula is C19H14Cl2N2O2S. The summed E-state index contributed by atoms with van der Waals surface area (Å²) in [6.07, 6.45) is 2.96. The number of methoxy groups -OCH3 is 1. The van der Waals surface area contributed by atoms with Gasteiger partial charge in [0.05, 0.1) is 12.8 Å². The third-order valence-electron chi connectivity index (χ3n) is 3.52. The van der Waals surface area contributed by atoms with Crippen molar-refractivity contribution in [1.29, 1.82) is 0 Å². The van der Waals surface area contributed by atoms with Gasteiger partial charge in [-0.3, -0.25) is 10.1 Å². The number of amides is 1. The van der Waals surface area contributed by atoms with E-state index in [1.54, 1.807) is 31.4 Å². The lowest BCUT2D eigenvalue weighted by Crippen LogP contribution is -2.07. The monoisotopic (exact) mass is 404 g/mol. The van der Waals surface area contributed by atoms with E-state index in [9.17, 15) is 4.79 Å². The fraction of sp³-hybridized carbons (Fsp3) is 0.0526. The average Bonchev–Trinajstić information content (AvgIpc) is 3.10. The molecule has 132 valence electrons. The minimum Gasteiger partial charge on any atom is -0.497 e. The summed E-state index contributed by atoms with van der Waals surface area (Å²) in [5, 5.41) is 6.09. The van der Waals surface area contributed by atoms with E-state index in [1.807, 2.05) is 29.6 Å². The van der Waals surface area contributed by atoms with E-state index in [-0.39, 0.29) is 5.91 Å². The van der Waals surface area contributed by atoms with Crippen molar-refractivity contribution in [3.8, 4) is 17.0 Å². The van der Waals surface area contributed by atoms with E-state index in [2.05, 4.69) is 10.3 Å². The Morgan fingerprint density at radius 1 is 1.15 bits per heavy atom. The molecule has 0 unspecified atom stereocenters. The fourth-order valence-electron chi connectivity index (χ4n) is 2.20. The maximum atomic E-state index is 12.1. The second-order valence-corrected chi connectivity index (χ2v) is 6.90. The Morgan fingerprint density at radius 2 is 1.85 bits per heavy atom. The molecule has 0 saturated heterocycles. The molecule has 0 fully saturated rings. The molecule has 2 aromatic carbocycles. The molecule has 1 amide bonds. The number of thiazole rings is 1. The number of ether oxygens (including phenoxy) is 1. The molecule has 26 heavy (non-hydrogen) atoms. The van der Waals surface area contributed by atoms with Gasteiger partial charge in [0.15, 0.2) is 5.13 Å². The quantitative estimate of drug-likeness (QED) is 0.548. The van der Waals surface area contributed by atoms with Crippen molar-refractivity contribution in [2.45, 2.75) is 0 Å². The Morgan fingerprint density at radius 3 is 2.50 bits per heavy atom. The van der Waals surface area contributed by atoms with Gasteiger partial charge in [-0.25, -0.2) is 4.98 Å². The van der Waals surface area contributed by atoms with Crippen LogP contribution in [0.15, 0.2) is 53.9 Å². The smallest absolute Gasteiger partial charge is 0.250 e. The van der Waals surface area contributed by atoms with Crippen molar-refractivity contribution >= 4 is 51.7 Å². The summed E-state index contributed by atoms with van der Waals surface area (Å²) in [6, 6.07) is 12.7. The van der Waals surface area contributed by atoms with Crippen LogP contribution in [0.4, 0.5) is 5.13 Å². The Bertz CT molecular complexity index is 932. The Balaban J connectivity index is 1.68. The molecule has 0 saturated carbocycles. The summed E-state index contributed by atoms with van der Waals surface area (Å²) in [5.41, 5.74) is 2.33. The van der Waals surface area contributed by atoms with Crippen LogP contribution in [-0.4, -0.2) is 18.0 Å². The molecule has 0 aliphatic heterocycles. The lowest BCUT2D eigenvalue weighted by atomic mass is 10.2. The molecule has 0 spiro atoms. The number of nitrogens with one attached hydrogen (secondary N) is 1. The summed E-state index contributed by atoms with van der Waals surface area (Å²) >= 11 is 13.5. The maximum absolute atomic E-state index is 12.1. The Hall–Kier alpha value is -2.34. The van der Waals surface area contributed by atoms with Gasteiger partial charge in [0.2, 0.25) is 5.91 Å². The molecule has 0 atom stereocenters. The molecule has 0 bridgehead atoms. The van der Waals surface area contributed by atoms with E-state index < -0.39 is 0 Å². The van der Waals surface area contributed by atoms with Crippen LogP contribution >= 0.6 is 34.5 Å². The van der Waals surface area contributed by atoms with Gasteiger partial charge < -0.3 is 4.74 Å². The molecule has 1 aromatic heterocycles. The number of hydrogen-bond donors (Lipinski definition) is 1. The molecule has 3 rings (SSSR count). The van der Waals surface area contributed by atoms with Gasteiger partial charge in [-0.2, -0.15) is 0 Å². The predicted octanol–water partition coefficient (Wildman–Crippen LogP) is 5.78. The van der Waals surface area contributed by atoms with Crippen molar-refractivity contribution < 1.29 is 9.53 Å². The lowest BCUT2D eigenvalue weighted by Gasteiger charge is -2.01. The van der Waals surface area contributed by atoms with Crippen molar-refractivity contribution in [2.24, 2.45) is 0 Å². The van der Waals surface area contributed by atoms with Crippen LogP contribution in [0.2, 0.25) is 10.0 Å². The van der Waals surface area contributed by atoms with Gasteiger partial charge in [0.25, 0.3) is 0 Å². The van der Waals surface area contributed by atoms with E-state index in [0.717, 1.165) is 17.0 Å². The van der Waals surface area contributed by atoms with E-state index in [1.165, 1.54) is 17.4 Å². The zero-order valence-electron chi connectivity index (χ0n) is 13.7. The normalized spacial score (nSPS) is 10.9. The molecule has 1 heterocycles. The number of carbonyl (C=O) groups is 1. The minimum absolute atomic E-state index is 0.309. The molecule has 4 nitrogen and oxygen atoms in total. The van der Waals surface area contributed by atoms with Crippen LogP contribution in [-0.2, 0) is 4.79 Å². The zero-order chi connectivity index (χ0) is 18.5. The molecule has 0 aliphatic carbocycles. The van der Waals surface area contributed by atoms with Gasteiger partial charge in [-0.15, -0.1) is 11.3 Å². The van der Waals surface area contributed by atoms with Crippen LogP contribution in [0, 0.1) is 0 Å². The third-order valence-corrected chi connectivity index (χ3v) is 4.94. The summed E-state index contributed by atoms with van der Waals surface area (Å²) in [7, 11) is 1.62. The molecule has 0 radical (unpaired) electrons. The van der Waals surface area contributed by atoms with Crippen LogP contribution in [0.1, 0.15) is 5.56 Å². The third kappa shape index (κ3) is 4.43. The van der Waals surface area contributed by atoms with E-state index in [4.69, 9.17) is 27.9 Å². The van der Waals surface area contributed by atoms with Crippen molar-refractivity contribution in [3.63, 3.8) is 0 Å². The van der Waals surface area contributed by atoms with Gasteiger partial charge in [-0.1, -0.05) is 29.3 Å².